The van der Waals surface area contributed by atoms with Gasteiger partial charge in [0, 0.05) is 16.8 Å². The second kappa shape index (κ2) is 10.6. The minimum absolute atomic E-state index is 0.00893. The van der Waals surface area contributed by atoms with E-state index >= 15 is 0 Å². The molecule has 8 nitrogen and oxygen atoms in total. The molecule has 1 amide bonds. The Morgan fingerprint density at radius 2 is 1.73 bits per heavy atom. The molecule has 3 aromatic carbocycles. The van der Waals surface area contributed by atoms with Crippen LogP contribution >= 0.6 is 0 Å². The van der Waals surface area contributed by atoms with Crippen LogP contribution in [0.1, 0.15) is 29.8 Å². The second-order valence-electron chi connectivity index (χ2n) is 7.27. The van der Waals surface area contributed by atoms with Crippen LogP contribution < -0.4 is 19.6 Å². The van der Waals surface area contributed by atoms with Gasteiger partial charge in [0.15, 0.2) is 0 Å². The number of carbonyl (C=O) groups is 1. The van der Waals surface area contributed by atoms with Gasteiger partial charge in [-0.3, -0.25) is 9.52 Å². The number of hydrazone groups is 1. The molecule has 0 spiro atoms. The number of methoxy groups -OCH3 is 1. The van der Waals surface area contributed by atoms with Crippen LogP contribution in [0, 0.1) is 0 Å². The number of anilines is 1. The maximum Gasteiger partial charge on any atom is 0.271 e. The van der Waals surface area contributed by atoms with E-state index in [9.17, 15) is 13.2 Å². The first-order valence-electron chi connectivity index (χ1n) is 10.1. The third-order valence-electron chi connectivity index (χ3n) is 4.40. The van der Waals surface area contributed by atoms with Gasteiger partial charge in [0.1, 0.15) is 11.5 Å². The maximum absolute atomic E-state index is 12.7. The van der Waals surface area contributed by atoms with Crippen LogP contribution in [0.5, 0.6) is 11.5 Å². The Labute approximate surface area is 193 Å². The van der Waals surface area contributed by atoms with E-state index in [1.807, 2.05) is 38.1 Å². The molecule has 0 bridgehead atoms. The van der Waals surface area contributed by atoms with Crippen LogP contribution in [0.25, 0.3) is 0 Å². The van der Waals surface area contributed by atoms with Crippen LogP contribution in [0.15, 0.2) is 82.8 Å². The summed E-state index contributed by atoms with van der Waals surface area (Å²) < 4.78 is 38.7. The van der Waals surface area contributed by atoms with Gasteiger partial charge in [-0.25, -0.2) is 13.8 Å². The lowest BCUT2D eigenvalue weighted by atomic mass is 10.2. The predicted octanol–water partition coefficient (Wildman–Crippen LogP) is 4.05. The van der Waals surface area contributed by atoms with Gasteiger partial charge in [-0.1, -0.05) is 18.2 Å². The van der Waals surface area contributed by atoms with E-state index in [1.54, 1.807) is 24.3 Å². The quantitative estimate of drug-likeness (QED) is 0.365. The smallest absolute Gasteiger partial charge is 0.271 e. The van der Waals surface area contributed by atoms with Crippen LogP contribution in [0.4, 0.5) is 5.69 Å². The minimum Gasteiger partial charge on any atom is -0.497 e. The van der Waals surface area contributed by atoms with Crippen molar-refractivity contribution in [2.45, 2.75) is 24.8 Å². The zero-order valence-corrected chi connectivity index (χ0v) is 19.3. The van der Waals surface area contributed by atoms with Crippen molar-refractivity contribution in [3.8, 4) is 11.5 Å². The molecule has 0 saturated heterocycles. The predicted molar refractivity (Wildman–Crippen MR) is 128 cm³/mol. The number of para-hydroxylation sites is 1. The average molecular weight is 468 g/mol. The monoisotopic (exact) mass is 467 g/mol. The molecular formula is C24H25N3O5S. The summed E-state index contributed by atoms with van der Waals surface area (Å²) in [6, 6.07) is 19.5. The van der Waals surface area contributed by atoms with Gasteiger partial charge >= 0.3 is 0 Å². The van der Waals surface area contributed by atoms with E-state index < -0.39 is 15.9 Å². The standard InChI is InChI=1S/C24H25N3O5S/c1-17(2)32-23-10-5-4-7-19(23)16-25-26-24(28)18-8-6-9-22(15-18)33(29,30)27-20-11-13-21(31-3)14-12-20/h4-17,27H,1-3H3,(H,26,28)/b25-16+. The summed E-state index contributed by atoms with van der Waals surface area (Å²) in [6.07, 6.45) is 1.46. The summed E-state index contributed by atoms with van der Waals surface area (Å²) in [4.78, 5) is 12.5. The maximum atomic E-state index is 12.7. The average Bonchev–Trinajstić information content (AvgIpc) is 2.80. The summed E-state index contributed by atoms with van der Waals surface area (Å²) in [6.45, 7) is 3.83. The van der Waals surface area contributed by atoms with Crippen LogP contribution in [-0.4, -0.2) is 33.8 Å². The van der Waals surface area contributed by atoms with Gasteiger partial charge in [-0.15, -0.1) is 0 Å². The summed E-state index contributed by atoms with van der Waals surface area (Å²) >= 11 is 0. The van der Waals surface area contributed by atoms with Crippen LogP contribution in [-0.2, 0) is 10.0 Å². The molecule has 9 heteroatoms. The van der Waals surface area contributed by atoms with Crippen LogP contribution in [0.2, 0.25) is 0 Å². The Balaban J connectivity index is 1.71. The lowest BCUT2D eigenvalue weighted by molar-refractivity contribution is 0.0955. The Morgan fingerprint density at radius 3 is 2.42 bits per heavy atom. The Kier molecular flexibility index (Phi) is 7.68. The fourth-order valence-electron chi connectivity index (χ4n) is 2.85. The highest BCUT2D eigenvalue weighted by atomic mass is 32.2. The molecule has 0 fully saturated rings. The molecule has 0 atom stereocenters. The molecule has 0 aliphatic carbocycles. The third-order valence-corrected chi connectivity index (χ3v) is 5.78. The van der Waals surface area contributed by atoms with Gasteiger partial charge in [-0.2, -0.15) is 5.10 Å². The van der Waals surface area contributed by atoms with Crippen LogP contribution in [0.3, 0.4) is 0 Å². The first-order chi connectivity index (χ1) is 15.8. The van der Waals surface area contributed by atoms with E-state index in [0.717, 1.165) is 0 Å². The number of hydrogen-bond donors (Lipinski definition) is 2. The minimum atomic E-state index is -3.90. The molecule has 3 rings (SSSR count). The molecule has 0 aliphatic heterocycles. The van der Waals surface area contributed by atoms with Crippen molar-refractivity contribution in [3.05, 3.63) is 83.9 Å². The molecule has 0 radical (unpaired) electrons. The fourth-order valence-corrected chi connectivity index (χ4v) is 3.96. The summed E-state index contributed by atoms with van der Waals surface area (Å²) in [7, 11) is -2.37. The number of nitrogens with one attached hydrogen (secondary N) is 2. The zero-order valence-electron chi connectivity index (χ0n) is 18.5. The summed E-state index contributed by atoms with van der Waals surface area (Å²) in [5.41, 5.74) is 3.64. The molecule has 33 heavy (non-hydrogen) atoms. The molecule has 0 aromatic heterocycles. The molecular weight excluding hydrogens is 442 g/mol. The Morgan fingerprint density at radius 1 is 1.00 bits per heavy atom. The lowest BCUT2D eigenvalue weighted by Gasteiger charge is -2.11. The lowest BCUT2D eigenvalue weighted by Crippen LogP contribution is -2.19. The highest BCUT2D eigenvalue weighted by Crippen LogP contribution is 2.20. The first kappa shape index (κ1) is 23.8. The van der Waals surface area contributed by atoms with Gasteiger partial charge in [0.25, 0.3) is 15.9 Å². The van der Waals surface area contributed by atoms with Gasteiger partial charge < -0.3 is 9.47 Å². The number of hydrogen-bond acceptors (Lipinski definition) is 6. The molecule has 0 unspecified atom stereocenters. The van der Waals surface area contributed by atoms with Gasteiger partial charge in [0.05, 0.1) is 24.3 Å². The van der Waals surface area contributed by atoms with E-state index in [0.29, 0.717) is 22.7 Å². The normalized spacial score (nSPS) is 11.4. The molecule has 2 N–H and O–H groups in total. The Bertz CT molecular complexity index is 1240. The van der Waals surface area contributed by atoms with Gasteiger partial charge in [0.2, 0.25) is 0 Å². The highest BCUT2D eigenvalue weighted by molar-refractivity contribution is 7.92. The molecule has 172 valence electrons. The molecule has 0 aliphatic rings. The summed E-state index contributed by atoms with van der Waals surface area (Å²) in [5, 5.41) is 3.98. The van der Waals surface area contributed by atoms with Gasteiger partial charge in [-0.05, 0) is 68.4 Å². The zero-order chi connectivity index (χ0) is 23.8. The van der Waals surface area contributed by atoms with Crippen molar-refractivity contribution in [1.29, 1.82) is 0 Å². The number of carbonyl (C=O) groups excluding carboxylic acids is 1. The number of nitrogens with zero attached hydrogens (tertiary/aromatic N) is 1. The van der Waals surface area contributed by atoms with Crippen molar-refractivity contribution in [3.63, 3.8) is 0 Å². The van der Waals surface area contributed by atoms with E-state index in [2.05, 4.69) is 15.2 Å². The van der Waals surface area contributed by atoms with E-state index in [-0.39, 0.29) is 16.6 Å². The highest BCUT2D eigenvalue weighted by Gasteiger charge is 2.16. The molecule has 0 saturated carbocycles. The number of amides is 1. The van der Waals surface area contributed by atoms with E-state index in [1.165, 1.54) is 37.6 Å². The summed E-state index contributed by atoms with van der Waals surface area (Å²) in [5.74, 6) is 0.703. The first-order valence-corrected chi connectivity index (χ1v) is 11.6. The van der Waals surface area contributed by atoms with Crippen molar-refractivity contribution >= 4 is 27.8 Å². The fraction of sp³-hybridized carbons (Fsp3) is 0.167. The van der Waals surface area contributed by atoms with E-state index in [4.69, 9.17) is 9.47 Å². The molecule has 3 aromatic rings. The molecule has 0 heterocycles. The number of sulfonamides is 1. The third kappa shape index (κ3) is 6.56. The number of rotatable bonds is 9. The largest absolute Gasteiger partial charge is 0.497 e. The number of ether oxygens (including phenoxy) is 2. The SMILES string of the molecule is COc1ccc(NS(=O)(=O)c2cccc(C(=O)N/N=C/c3ccccc3OC(C)C)c2)cc1. The second-order valence-corrected chi connectivity index (χ2v) is 8.95. The number of benzene rings is 3. The Hall–Kier alpha value is -3.85. The van der Waals surface area contributed by atoms with Crippen molar-refractivity contribution in [1.82, 2.24) is 5.43 Å². The van der Waals surface area contributed by atoms with Crippen molar-refractivity contribution in [2.24, 2.45) is 5.10 Å². The van der Waals surface area contributed by atoms with Crippen molar-refractivity contribution < 1.29 is 22.7 Å². The topological polar surface area (TPSA) is 106 Å². The van der Waals surface area contributed by atoms with Crippen molar-refractivity contribution in [2.75, 3.05) is 11.8 Å².